The maximum atomic E-state index is 6.04. The standard InChI is InChI=1S/C13H12ClN3S2/c14-12-4-3-11(19-12)13(10-2-1-7-18-10)15-8-9-5-6-16-17-9/h1-7,13,15H,8H2,(H,16,17). The Balaban J connectivity index is 1.80. The largest absolute Gasteiger partial charge is 0.299 e. The highest BCUT2D eigenvalue weighted by molar-refractivity contribution is 7.16. The molecule has 0 spiro atoms. The van der Waals surface area contributed by atoms with E-state index in [1.165, 1.54) is 9.75 Å². The third-order valence-electron chi connectivity index (χ3n) is 2.76. The zero-order valence-corrected chi connectivity index (χ0v) is 12.4. The summed E-state index contributed by atoms with van der Waals surface area (Å²) in [6.07, 6.45) is 1.76. The first kappa shape index (κ1) is 12.9. The highest BCUT2D eigenvalue weighted by atomic mass is 35.5. The predicted octanol–water partition coefficient (Wildman–Crippen LogP) is 4.07. The Kier molecular flexibility index (Phi) is 3.98. The highest BCUT2D eigenvalue weighted by Crippen LogP contribution is 2.33. The molecule has 3 heterocycles. The number of aromatic amines is 1. The Morgan fingerprint density at radius 1 is 1.26 bits per heavy atom. The molecule has 0 aliphatic carbocycles. The average molecular weight is 310 g/mol. The van der Waals surface area contributed by atoms with Crippen molar-refractivity contribution in [2.45, 2.75) is 12.6 Å². The van der Waals surface area contributed by atoms with E-state index in [1.54, 1.807) is 28.9 Å². The van der Waals surface area contributed by atoms with Gasteiger partial charge in [0.25, 0.3) is 0 Å². The van der Waals surface area contributed by atoms with Crippen molar-refractivity contribution in [1.82, 2.24) is 15.5 Å². The summed E-state index contributed by atoms with van der Waals surface area (Å²) in [7, 11) is 0. The van der Waals surface area contributed by atoms with Crippen LogP contribution in [0.2, 0.25) is 4.34 Å². The molecule has 0 saturated heterocycles. The van der Waals surface area contributed by atoms with E-state index in [9.17, 15) is 0 Å². The molecule has 0 aliphatic rings. The molecule has 19 heavy (non-hydrogen) atoms. The van der Waals surface area contributed by atoms with Crippen molar-refractivity contribution in [2.24, 2.45) is 0 Å². The highest BCUT2D eigenvalue weighted by Gasteiger charge is 2.16. The third kappa shape index (κ3) is 3.06. The fraction of sp³-hybridized carbons (Fsp3) is 0.154. The van der Waals surface area contributed by atoms with Gasteiger partial charge in [-0.15, -0.1) is 22.7 Å². The zero-order chi connectivity index (χ0) is 13.1. The minimum Gasteiger partial charge on any atom is -0.299 e. The lowest BCUT2D eigenvalue weighted by Gasteiger charge is -2.15. The van der Waals surface area contributed by atoms with Crippen LogP contribution in [0.15, 0.2) is 41.9 Å². The van der Waals surface area contributed by atoms with Gasteiger partial charge in [0.2, 0.25) is 0 Å². The van der Waals surface area contributed by atoms with Crippen LogP contribution in [0, 0.1) is 0 Å². The normalized spacial score (nSPS) is 12.7. The first-order valence-corrected chi connectivity index (χ1v) is 7.90. The molecule has 3 rings (SSSR count). The molecule has 1 atom stereocenters. The number of hydrogen-bond donors (Lipinski definition) is 2. The Morgan fingerprint density at radius 2 is 2.21 bits per heavy atom. The average Bonchev–Trinajstić information content (AvgIpc) is 3.11. The Bertz CT molecular complexity index is 616. The molecule has 3 aromatic rings. The monoisotopic (exact) mass is 309 g/mol. The summed E-state index contributed by atoms with van der Waals surface area (Å²) in [5.41, 5.74) is 1.07. The fourth-order valence-electron chi connectivity index (χ4n) is 1.88. The van der Waals surface area contributed by atoms with Crippen molar-refractivity contribution >= 4 is 34.3 Å². The first-order valence-electron chi connectivity index (χ1n) is 5.83. The number of halogens is 1. The maximum Gasteiger partial charge on any atom is 0.0931 e. The number of H-pyrrole nitrogens is 1. The van der Waals surface area contributed by atoms with Gasteiger partial charge in [-0.25, -0.2) is 0 Å². The third-order valence-corrected chi connectivity index (χ3v) is 4.99. The quantitative estimate of drug-likeness (QED) is 0.746. The molecule has 0 amide bonds. The molecule has 3 aromatic heterocycles. The minimum absolute atomic E-state index is 0.181. The summed E-state index contributed by atoms with van der Waals surface area (Å²) in [6, 6.07) is 10.4. The molecular formula is C13H12ClN3S2. The first-order chi connectivity index (χ1) is 9.33. The number of rotatable bonds is 5. The van der Waals surface area contributed by atoms with Crippen LogP contribution in [-0.2, 0) is 6.54 Å². The number of hydrogen-bond acceptors (Lipinski definition) is 4. The van der Waals surface area contributed by atoms with Gasteiger partial charge in [0.1, 0.15) is 0 Å². The molecule has 3 nitrogen and oxygen atoms in total. The van der Waals surface area contributed by atoms with E-state index < -0.39 is 0 Å². The van der Waals surface area contributed by atoms with Gasteiger partial charge < -0.3 is 0 Å². The van der Waals surface area contributed by atoms with Crippen LogP contribution in [0.5, 0.6) is 0 Å². The van der Waals surface area contributed by atoms with Gasteiger partial charge in [-0.1, -0.05) is 17.7 Å². The van der Waals surface area contributed by atoms with Crippen molar-refractivity contribution < 1.29 is 0 Å². The number of aromatic nitrogens is 2. The van der Waals surface area contributed by atoms with Crippen molar-refractivity contribution in [3.8, 4) is 0 Å². The molecule has 6 heteroatoms. The van der Waals surface area contributed by atoms with E-state index in [-0.39, 0.29) is 6.04 Å². The second-order valence-corrected chi connectivity index (χ2v) is 6.78. The van der Waals surface area contributed by atoms with E-state index in [2.05, 4.69) is 39.1 Å². The molecular weight excluding hydrogens is 298 g/mol. The van der Waals surface area contributed by atoms with Crippen LogP contribution < -0.4 is 5.32 Å². The number of nitrogens with zero attached hydrogens (tertiary/aromatic N) is 1. The SMILES string of the molecule is Clc1ccc(C(NCc2ccn[nH]2)c2cccs2)s1. The zero-order valence-electron chi connectivity index (χ0n) is 9.97. The van der Waals surface area contributed by atoms with Crippen LogP contribution in [-0.4, -0.2) is 10.2 Å². The molecule has 0 saturated carbocycles. The molecule has 0 radical (unpaired) electrons. The lowest BCUT2D eigenvalue weighted by atomic mass is 10.2. The van der Waals surface area contributed by atoms with Crippen molar-refractivity contribution in [2.75, 3.05) is 0 Å². The molecule has 2 N–H and O–H groups in total. The smallest absolute Gasteiger partial charge is 0.0931 e. The molecule has 98 valence electrons. The van der Waals surface area contributed by atoms with Crippen LogP contribution in [0.3, 0.4) is 0 Å². The summed E-state index contributed by atoms with van der Waals surface area (Å²) in [6.45, 7) is 0.748. The summed E-state index contributed by atoms with van der Waals surface area (Å²) >= 11 is 9.41. The second kappa shape index (κ2) is 5.88. The van der Waals surface area contributed by atoms with Crippen LogP contribution >= 0.6 is 34.3 Å². The van der Waals surface area contributed by atoms with E-state index in [0.717, 1.165) is 16.6 Å². The van der Waals surface area contributed by atoms with Gasteiger partial charge in [-0.2, -0.15) is 5.10 Å². The number of nitrogens with one attached hydrogen (secondary N) is 2. The van der Waals surface area contributed by atoms with Gasteiger partial charge in [0, 0.05) is 28.2 Å². The molecule has 0 fully saturated rings. The van der Waals surface area contributed by atoms with Crippen molar-refractivity contribution in [3.63, 3.8) is 0 Å². The van der Waals surface area contributed by atoms with E-state index in [0.29, 0.717) is 0 Å². The summed E-state index contributed by atoms with van der Waals surface area (Å²) in [5.74, 6) is 0. The summed E-state index contributed by atoms with van der Waals surface area (Å²) in [4.78, 5) is 2.52. The van der Waals surface area contributed by atoms with Crippen molar-refractivity contribution in [1.29, 1.82) is 0 Å². The summed E-state index contributed by atoms with van der Waals surface area (Å²) in [5, 5.41) is 12.6. The van der Waals surface area contributed by atoms with Gasteiger partial charge >= 0.3 is 0 Å². The van der Waals surface area contributed by atoms with Crippen molar-refractivity contribution in [3.05, 3.63) is 61.7 Å². The van der Waals surface area contributed by atoms with E-state index in [1.807, 2.05) is 12.1 Å². The Morgan fingerprint density at radius 3 is 2.84 bits per heavy atom. The lowest BCUT2D eigenvalue weighted by Crippen LogP contribution is -2.20. The van der Waals surface area contributed by atoms with Gasteiger partial charge in [0.15, 0.2) is 0 Å². The van der Waals surface area contributed by atoms with Crippen LogP contribution in [0.1, 0.15) is 21.5 Å². The Labute approximate surface area is 124 Å². The van der Waals surface area contributed by atoms with E-state index >= 15 is 0 Å². The number of thiophene rings is 2. The second-order valence-electron chi connectivity index (χ2n) is 4.05. The van der Waals surface area contributed by atoms with Crippen LogP contribution in [0.4, 0.5) is 0 Å². The van der Waals surface area contributed by atoms with Gasteiger partial charge in [-0.3, -0.25) is 10.4 Å². The van der Waals surface area contributed by atoms with Gasteiger partial charge in [-0.05, 0) is 29.6 Å². The van der Waals surface area contributed by atoms with E-state index in [4.69, 9.17) is 11.6 Å². The Hall–Kier alpha value is -1.14. The molecule has 0 aromatic carbocycles. The van der Waals surface area contributed by atoms with Gasteiger partial charge in [0.05, 0.1) is 10.4 Å². The topological polar surface area (TPSA) is 40.7 Å². The van der Waals surface area contributed by atoms with Crippen LogP contribution in [0.25, 0.3) is 0 Å². The predicted molar refractivity (Wildman–Crippen MR) is 80.9 cm³/mol. The summed E-state index contributed by atoms with van der Waals surface area (Å²) < 4.78 is 0.819. The molecule has 0 bridgehead atoms. The minimum atomic E-state index is 0.181. The lowest BCUT2D eigenvalue weighted by molar-refractivity contribution is 0.611. The fourth-order valence-corrected chi connectivity index (χ4v) is 3.92. The molecule has 0 aliphatic heterocycles. The molecule has 1 unspecified atom stereocenters. The maximum absolute atomic E-state index is 6.04.